The molecule has 0 fully saturated rings. The van der Waals surface area contributed by atoms with E-state index in [-0.39, 0.29) is 22.9 Å². The number of aromatic nitrogens is 2. The number of nitrogens with zero attached hydrogens (tertiary/aromatic N) is 2. The van der Waals surface area contributed by atoms with E-state index in [9.17, 15) is 14.9 Å². The molecule has 1 aromatic heterocycles. The van der Waals surface area contributed by atoms with Gasteiger partial charge in [0.15, 0.2) is 0 Å². The van der Waals surface area contributed by atoms with Gasteiger partial charge in [-0.1, -0.05) is 12.1 Å². The van der Waals surface area contributed by atoms with Crippen LogP contribution in [0.5, 0.6) is 0 Å². The lowest BCUT2D eigenvalue weighted by Crippen LogP contribution is -2.33. The van der Waals surface area contributed by atoms with E-state index in [0.29, 0.717) is 5.82 Å². The van der Waals surface area contributed by atoms with Crippen molar-refractivity contribution in [3.8, 4) is 0 Å². The number of carbonyl (C=O) groups excluding carboxylic acids is 1. The van der Waals surface area contributed by atoms with Crippen LogP contribution >= 0.6 is 11.8 Å². The number of imidazole rings is 1. The maximum absolute atomic E-state index is 12.4. The van der Waals surface area contributed by atoms with Gasteiger partial charge < -0.3 is 10.3 Å². The summed E-state index contributed by atoms with van der Waals surface area (Å²) in [5.41, 5.74) is 1.82. The van der Waals surface area contributed by atoms with E-state index in [1.165, 1.54) is 23.9 Å². The molecule has 0 aliphatic carbocycles. The van der Waals surface area contributed by atoms with Gasteiger partial charge in [-0.3, -0.25) is 14.9 Å². The molecule has 134 valence electrons. The molecular formula is C18H18N4O3S. The number of nitrogens with one attached hydrogen (secondary N) is 2. The lowest BCUT2D eigenvalue weighted by molar-refractivity contribution is -0.384. The van der Waals surface area contributed by atoms with E-state index in [0.717, 1.165) is 15.9 Å². The van der Waals surface area contributed by atoms with E-state index in [1.807, 2.05) is 31.2 Å². The van der Waals surface area contributed by atoms with Crippen LogP contribution in [0.25, 0.3) is 11.0 Å². The fraction of sp³-hybridized carbons (Fsp3) is 0.222. The Bertz CT molecular complexity index is 906. The number of nitro groups is 1. The number of thioether (sulfide) groups is 1. The van der Waals surface area contributed by atoms with Crippen molar-refractivity contribution < 1.29 is 9.72 Å². The summed E-state index contributed by atoms with van der Waals surface area (Å²) in [5, 5.41) is 13.3. The molecule has 26 heavy (non-hydrogen) atoms. The molecular weight excluding hydrogens is 352 g/mol. The Kier molecular flexibility index (Phi) is 5.22. The second-order valence-electron chi connectivity index (χ2n) is 5.88. The second-order valence-corrected chi connectivity index (χ2v) is 7.29. The zero-order valence-electron chi connectivity index (χ0n) is 14.3. The topological polar surface area (TPSA) is 101 Å². The van der Waals surface area contributed by atoms with Gasteiger partial charge in [0, 0.05) is 17.0 Å². The monoisotopic (exact) mass is 370 g/mol. The highest BCUT2D eigenvalue weighted by molar-refractivity contribution is 8.00. The van der Waals surface area contributed by atoms with E-state index >= 15 is 0 Å². The summed E-state index contributed by atoms with van der Waals surface area (Å²) >= 11 is 1.35. The lowest BCUT2D eigenvalue weighted by Gasteiger charge is -2.16. The molecule has 1 amide bonds. The van der Waals surface area contributed by atoms with Crippen LogP contribution in [0.4, 0.5) is 5.69 Å². The predicted molar refractivity (Wildman–Crippen MR) is 101 cm³/mol. The third-order valence-corrected chi connectivity index (χ3v) is 5.02. The number of nitro benzene ring substituents is 1. The van der Waals surface area contributed by atoms with Crippen molar-refractivity contribution in [3.63, 3.8) is 0 Å². The van der Waals surface area contributed by atoms with Gasteiger partial charge in [0.25, 0.3) is 5.69 Å². The summed E-state index contributed by atoms with van der Waals surface area (Å²) in [5.74, 6) is 0.577. The highest BCUT2D eigenvalue weighted by atomic mass is 32.2. The lowest BCUT2D eigenvalue weighted by atomic mass is 10.3. The minimum atomic E-state index is -0.445. The number of aromatic amines is 1. The zero-order chi connectivity index (χ0) is 18.7. The molecule has 3 aromatic rings. The summed E-state index contributed by atoms with van der Waals surface area (Å²) in [6.45, 7) is 3.67. The van der Waals surface area contributed by atoms with E-state index in [2.05, 4.69) is 15.3 Å². The Morgan fingerprint density at radius 2 is 1.88 bits per heavy atom. The van der Waals surface area contributed by atoms with Crippen molar-refractivity contribution >= 4 is 34.4 Å². The standard InChI is InChI=1S/C18H18N4O3S/c1-11(17-20-15-5-3-4-6-16(15)21-17)19-18(23)12(2)26-14-9-7-13(8-10-14)22(24)25/h3-12H,1-2H3,(H,19,23)(H,20,21)/t11-,12-/m0/s1. The molecule has 1 heterocycles. The Labute approximate surface area is 154 Å². The van der Waals surface area contributed by atoms with Crippen LogP contribution in [-0.2, 0) is 4.79 Å². The molecule has 0 radical (unpaired) electrons. The first-order valence-electron chi connectivity index (χ1n) is 8.10. The van der Waals surface area contributed by atoms with E-state index in [4.69, 9.17) is 0 Å². The van der Waals surface area contributed by atoms with Crippen molar-refractivity contribution in [2.75, 3.05) is 0 Å². The molecule has 8 heteroatoms. The summed E-state index contributed by atoms with van der Waals surface area (Å²) in [6.07, 6.45) is 0. The summed E-state index contributed by atoms with van der Waals surface area (Å²) < 4.78 is 0. The fourth-order valence-electron chi connectivity index (χ4n) is 2.48. The van der Waals surface area contributed by atoms with Crippen LogP contribution in [0.1, 0.15) is 25.7 Å². The first kappa shape index (κ1) is 17.9. The Hall–Kier alpha value is -2.87. The molecule has 0 spiro atoms. The van der Waals surface area contributed by atoms with Gasteiger partial charge in [-0.25, -0.2) is 4.98 Å². The average molecular weight is 370 g/mol. The maximum atomic E-state index is 12.4. The number of amides is 1. The molecule has 0 aliphatic heterocycles. The largest absolute Gasteiger partial charge is 0.345 e. The Morgan fingerprint density at radius 1 is 1.19 bits per heavy atom. The van der Waals surface area contributed by atoms with Crippen molar-refractivity contribution in [2.24, 2.45) is 0 Å². The van der Waals surface area contributed by atoms with Crippen molar-refractivity contribution in [1.29, 1.82) is 0 Å². The van der Waals surface area contributed by atoms with Crippen molar-refractivity contribution in [2.45, 2.75) is 30.0 Å². The first-order chi connectivity index (χ1) is 12.4. The molecule has 0 saturated heterocycles. The molecule has 0 bridgehead atoms. The highest BCUT2D eigenvalue weighted by Crippen LogP contribution is 2.26. The summed E-state index contributed by atoms with van der Waals surface area (Å²) in [4.78, 5) is 31.2. The number of H-pyrrole nitrogens is 1. The normalized spacial score (nSPS) is 13.3. The quantitative estimate of drug-likeness (QED) is 0.390. The van der Waals surface area contributed by atoms with Gasteiger partial charge >= 0.3 is 0 Å². The van der Waals surface area contributed by atoms with Crippen LogP contribution in [0.2, 0.25) is 0 Å². The van der Waals surface area contributed by atoms with Gasteiger partial charge in [0.2, 0.25) is 5.91 Å². The number of para-hydroxylation sites is 2. The molecule has 0 aliphatic rings. The van der Waals surface area contributed by atoms with Crippen molar-refractivity contribution in [1.82, 2.24) is 15.3 Å². The number of rotatable bonds is 6. The molecule has 2 aromatic carbocycles. The Balaban J connectivity index is 1.61. The molecule has 3 rings (SSSR count). The third-order valence-electron chi connectivity index (χ3n) is 3.91. The highest BCUT2D eigenvalue weighted by Gasteiger charge is 2.19. The number of non-ortho nitro benzene ring substituents is 1. The minimum Gasteiger partial charge on any atom is -0.345 e. The van der Waals surface area contributed by atoms with Crippen LogP contribution in [0, 0.1) is 10.1 Å². The molecule has 2 atom stereocenters. The Morgan fingerprint density at radius 3 is 2.54 bits per heavy atom. The average Bonchev–Trinajstić information content (AvgIpc) is 3.06. The smallest absolute Gasteiger partial charge is 0.269 e. The zero-order valence-corrected chi connectivity index (χ0v) is 15.1. The summed E-state index contributed by atoms with van der Waals surface area (Å²) in [6, 6.07) is 13.6. The van der Waals surface area contributed by atoms with E-state index < -0.39 is 4.92 Å². The van der Waals surface area contributed by atoms with Gasteiger partial charge in [-0.05, 0) is 38.1 Å². The maximum Gasteiger partial charge on any atom is 0.269 e. The van der Waals surface area contributed by atoms with Gasteiger partial charge in [-0.2, -0.15) is 0 Å². The molecule has 0 saturated carbocycles. The number of fused-ring (bicyclic) bond motifs is 1. The minimum absolute atomic E-state index is 0.0324. The van der Waals surface area contributed by atoms with Crippen LogP contribution in [-0.4, -0.2) is 26.0 Å². The number of benzene rings is 2. The molecule has 2 N–H and O–H groups in total. The summed E-state index contributed by atoms with van der Waals surface area (Å²) in [7, 11) is 0. The molecule has 0 unspecified atom stereocenters. The fourth-order valence-corrected chi connectivity index (χ4v) is 3.36. The first-order valence-corrected chi connectivity index (χ1v) is 8.98. The van der Waals surface area contributed by atoms with Crippen LogP contribution < -0.4 is 5.32 Å². The molecule has 7 nitrogen and oxygen atoms in total. The SMILES string of the molecule is C[C@H](Sc1ccc([N+](=O)[O-])cc1)C(=O)N[C@@H](C)c1nc2ccccc2[nH]1. The van der Waals surface area contributed by atoms with Gasteiger partial charge in [0.05, 0.1) is 27.2 Å². The van der Waals surface area contributed by atoms with Gasteiger partial charge in [0.1, 0.15) is 5.82 Å². The van der Waals surface area contributed by atoms with Crippen LogP contribution in [0.3, 0.4) is 0 Å². The number of carbonyl (C=O) groups is 1. The third kappa shape index (κ3) is 4.02. The number of hydrogen-bond acceptors (Lipinski definition) is 5. The van der Waals surface area contributed by atoms with Crippen LogP contribution in [0.15, 0.2) is 53.4 Å². The van der Waals surface area contributed by atoms with Crippen molar-refractivity contribution in [3.05, 3.63) is 64.5 Å². The second kappa shape index (κ2) is 7.57. The van der Waals surface area contributed by atoms with Gasteiger partial charge in [-0.15, -0.1) is 11.8 Å². The predicted octanol–water partition coefficient (Wildman–Crippen LogP) is 3.83. The van der Waals surface area contributed by atoms with E-state index in [1.54, 1.807) is 19.1 Å². The number of hydrogen-bond donors (Lipinski definition) is 2.